The van der Waals surface area contributed by atoms with Gasteiger partial charge in [-0.1, -0.05) is 13.8 Å². The number of hydrogen-bond donors (Lipinski definition) is 3. The molecule has 1 aliphatic rings. The lowest BCUT2D eigenvalue weighted by atomic mass is 9.90. The number of nitrogens with two attached hydrogens (primary N) is 1. The van der Waals surface area contributed by atoms with E-state index in [0.717, 1.165) is 45.1 Å². The van der Waals surface area contributed by atoms with Crippen molar-refractivity contribution in [2.24, 2.45) is 5.73 Å². The Bertz CT molecular complexity index is 328. The summed E-state index contributed by atoms with van der Waals surface area (Å²) >= 11 is 0. The number of hydrogen-bond acceptors (Lipinski definition) is 4. The Morgan fingerprint density at radius 2 is 1.81 bits per heavy atom. The molecule has 0 aromatic heterocycles. The molecule has 0 unspecified atom stereocenters. The number of amides is 3. The minimum atomic E-state index is -0.399. The highest BCUT2D eigenvalue weighted by molar-refractivity contribution is 5.95. The highest BCUT2D eigenvalue weighted by atomic mass is 16.2. The zero-order valence-electron chi connectivity index (χ0n) is 13.4. The summed E-state index contributed by atoms with van der Waals surface area (Å²) in [6.45, 7) is 5.82. The summed E-state index contributed by atoms with van der Waals surface area (Å²) in [6, 6.07) is 0.316. The molecule has 21 heavy (non-hydrogen) atoms. The van der Waals surface area contributed by atoms with Gasteiger partial charge in [0.15, 0.2) is 0 Å². The summed E-state index contributed by atoms with van der Waals surface area (Å²) in [5.41, 5.74) is 5.93. The van der Waals surface area contributed by atoms with E-state index < -0.39 is 6.03 Å². The van der Waals surface area contributed by atoms with Crippen LogP contribution in [0.25, 0.3) is 0 Å². The third-order valence-corrected chi connectivity index (χ3v) is 3.90. The molecule has 1 fully saturated rings. The molecular weight excluding hydrogens is 268 g/mol. The number of imide groups is 1. The van der Waals surface area contributed by atoms with E-state index in [4.69, 9.17) is 5.73 Å². The van der Waals surface area contributed by atoms with E-state index in [1.807, 2.05) is 6.92 Å². The van der Waals surface area contributed by atoms with Gasteiger partial charge in [-0.15, -0.1) is 0 Å². The van der Waals surface area contributed by atoms with Crippen LogP contribution < -0.4 is 16.4 Å². The molecule has 122 valence electrons. The Labute approximate surface area is 127 Å². The van der Waals surface area contributed by atoms with Crippen molar-refractivity contribution in [3.05, 3.63) is 0 Å². The van der Waals surface area contributed by atoms with Crippen molar-refractivity contribution in [2.75, 3.05) is 19.6 Å². The number of carbonyl (C=O) groups is 2. The standard InChI is InChI=1S/C15H30N4O2/c1-3-9-17-15(21)18-14(20)11-19(10-4-2)13-7-5-12(16)6-8-13/h12-13H,3-11,16H2,1-2H3,(H2,17,18,20,21). The molecule has 1 aliphatic carbocycles. The minimum Gasteiger partial charge on any atom is -0.338 e. The van der Waals surface area contributed by atoms with E-state index in [1.54, 1.807) is 0 Å². The molecule has 0 heterocycles. The summed E-state index contributed by atoms with van der Waals surface area (Å²) in [7, 11) is 0. The van der Waals surface area contributed by atoms with Gasteiger partial charge in [0, 0.05) is 18.6 Å². The number of nitrogens with zero attached hydrogens (tertiary/aromatic N) is 1. The molecule has 0 saturated heterocycles. The molecule has 6 nitrogen and oxygen atoms in total. The molecule has 0 atom stereocenters. The van der Waals surface area contributed by atoms with E-state index in [1.165, 1.54) is 0 Å². The summed E-state index contributed by atoms with van der Waals surface area (Å²) in [4.78, 5) is 25.7. The third-order valence-electron chi connectivity index (χ3n) is 3.90. The van der Waals surface area contributed by atoms with E-state index in [-0.39, 0.29) is 12.5 Å². The Hall–Kier alpha value is -1.14. The predicted octanol–water partition coefficient (Wildman–Crippen LogP) is 1.20. The van der Waals surface area contributed by atoms with Gasteiger partial charge in [-0.2, -0.15) is 0 Å². The van der Waals surface area contributed by atoms with Crippen molar-refractivity contribution >= 4 is 11.9 Å². The fraction of sp³-hybridized carbons (Fsp3) is 0.867. The van der Waals surface area contributed by atoms with Crippen LogP contribution in [-0.4, -0.2) is 48.6 Å². The van der Waals surface area contributed by atoms with E-state index in [9.17, 15) is 9.59 Å². The Morgan fingerprint density at radius 3 is 2.38 bits per heavy atom. The van der Waals surface area contributed by atoms with Gasteiger partial charge in [0.1, 0.15) is 0 Å². The fourth-order valence-corrected chi connectivity index (χ4v) is 2.78. The van der Waals surface area contributed by atoms with Crippen LogP contribution in [0.2, 0.25) is 0 Å². The lowest BCUT2D eigenvalue weighted by Gasteiger charge is -2.35. The molecule has 0 radical (unpaired) electrons. The van der Waals surface area contributed by atoms with Crippen molar-refractivity contribution in [3.8, 4) is 0 Å². The van der Waals surface area contributed by atoms with Gasteiger partial charge in [-0.05, 0) is 45.1 Å². The largest absolute Gasteiger partial charge is 0.338 e. The first kappa shape index (κ1) is 17.9. The molecule has 0 aromatic carbocycles. The number of nitrogens with one attached hydrogen (secondary N) is 2. The summed E-state index contributed by atoms with van der Waals surface area (Å²) < 4.78 is 0. The Balaban J connectivity index is 2.42. The molecule has 1 saturated carbocycles. The lowest BCUT2D eigenvalue weighted by Crippen LogP contribution is -2.48. The molecular formula is C15H30N4O2. The van der Waals surface area contributed by atoms with Crippen molar-refractivity contribution in [3.63, 3.8) is 0 Å². The molecule has 4 N–H and O–H groups in total. The van der Waals surface area contributed by atoms with Gasteiger partial charge in [0.25, 0.3) is 0 Å². The second kappa shape index (κ2) is 9.73. The number of carbonyl (C=O) groups excluding carboxylic acids is 2. The highest BCUT2D eigenvalue weighted by Crippen LogP contribution is 2.22. The zero-order chi connectivity index (χ0) is 15.7. The van der Waals surface area contributed by atoms with E-state index in [0.29, 0.717) is 18.6 Å². The van der Waals surface area contributed by atoms with Gasteiger partial charge in [0.2, 0.25) is 5.91 Å². The second-order valence-electron chi connectivity index (χ2n) is 5.84. The summed E-state index contributed by atoms with van der Waals surface area (Å²) in [6.07, 6.45) is 5.96. The molecule has 0 aliphatic heterocycles. The molecule has 0 aromatic rings. The van der Waals surface area contributed by atoms with Crippen LogP contribution in [0.5, 0.6) is 0 Å². The molecule has 3 amide bonds. The lowest BCUT2D eigenvalue weighted by molar-refractivity contribution is -0.121. The van der Waals surface area contributed by atoms with E-state index >= 15 is 0 Å². The van der Waals surface area contributed by atoms with Crippen LogP contribution in [0.3, 0.4) is 0 Å². The maximum Gasteiger partial charge on any atom is 0.321 e. The first-order chi connectivity index (χ1) is 10.1. The smallest absolute Gasteiger partial charge is 0.321 e. The fourth-order valence-electron chi connectivity index (χ4n) is 2.78. The quantitative estimate of drug-likeness (QED) is 0.659. The van der Waals surface area contributed by atoms with E-state index in [2.05, 4.69) is 22.5 Å². The average Bonchev–Trinajstić information content (AvgIpc) is 2.45. The van der Waals surface area contributed by atoms with Crippen LogP contribution in [0.1, 0.15) is 52.4 Å². The van der Waals surface area contributed by atoms with Gasteiger partial charge >= 0.3 is 6.03 Å². The zero-order valence-corrected chi connectivity index (χ0v) is 13.4. The van der Waals surface area contributed by atoms with Crippen molar-refractivity contribution in [1.29, 1.82) is 0 Å². The summed E-state index contributed by atoms with van der Waals surface area (Å²) in [5, 5.41) is 5.04. The van der Waals surface area contributed by atoms with Crippen LogP contribution in [0, 0.1) is 0 Å². The molecule has 0 bridgehead atoms. The van der Waals surface area contributed by atoms with Gasteiger partial charge in [-0.3, -0.25) is 15.0 Å². The third kappa shape index (κ3) is 6.91. The Morgan fingerprint density at radius 1 is 1.14 bits per heavy atom. The SMILES string of the molecule is CCCNC(=O)NC(=O)CN(CCC)C1CCC(N)CC1. The topological polar surface area (TPSA) is 87.5 Å². The van der Waals surface area contributed by atoms with Crippen LogP contribution >= 0.6 is 0 Å². The first-order valence-corrected chi connectivity index (χ1v) is 8.14. The maximum atomic E-state index is 12.0. The van der Waals surface area contributed by atoms with Gasteiger partial charge in [0.05, 0.1) is 6.54 Å². The average molecular weight is 298 g/mol. The number of rotatable bonds is 7. The minimum absolute atomic E-state index is 0.230. The van der Waals surface area contributed by atoms with Crippen molar-refractivity contribution < 1.29 is 9.59 Å². The van der Waals surface area contributed by atoms with Gasteiger partial charge < -0.3 is 11.1 Å². The monoisotopic (exact) mass is 298 g/mol. The van der Waals surface area contributed by atoms with Crippen LogP contribution in [0.4, 0.5) is 4.79 Å². The second-order valence-corrected chi connectivity index (χ2v) is 5.84. The van der Waals surface area contributed by atoms with Crippen LogP contribution in [-0.2, 0) is 4.79 Å². The summed E-state index contributed by atoms with van der Waals surface area (Å²) in [5.74, 6) is -0.230. The molecule has 6 heteroatoms. The Kier molecular flexibility index (Phi) is 8.30. The van der Waals surface area contributed by atoms with Crippen LogP contribution in [0.15, 0.2) is 0 Å². The van der Waals surface area contributed by atoms with Crippen molar-refractivity contribution in [1.82, 2.24) is 15.5 Å². The molecule has 0 spiro atoms. The van der Waals surface area contributed by atoms with Gasteiger partial charge in [-0.25, -0.2) is 4.79 Å². The molecule has 1 rings (SSSR count). The predicted molar refractivity (Wildman–Crippen MR) is 83.9 cm³/mol. The number of urea groups is 1. The highest BCUT2D eigenvalue weighted by Gasteiger charge is 2.25. The maximum absolute atomic E-state index is 12.0. The van der Waals surface area contributed by atoms with Crippen molar-refractivity contribution in [2.45, 2.75) is 64.5 Å². The first-order valence-electron chi connectivity index (χ1n) is 8.14. The normalized spacial score (nSPS) is 22.1.